The number of carbonyl (C=O) groups is 1. The minimum Gasteiger partial charge on any atom is -0.490 e. The average molecular weight is 289 g/mol. The van der Waals surface area contributed by atoms with Crippen LogP contribution >= 0.6 is 0 Å². The van der Waals surface area contributed by atoms with Crippen molar-refractivity contribution in [2.24, 2.45) is 0 Å². The zero-order valence-corrected chi connectivity index (χ0v) is 12.5. The Balaban J connectivity index is 1.73. The van der Waals surface area contributed by atoms with E-state index in [2.05, 4.69) is 11.9 Å². The maximum atomic E-state index is 11.6. The van der Waals surface area contributed by atoms with Crippen LogP contribution in [0.1, 0.15) is 37.7 Å². The van der Waals surface area contributed by atoms with Crippen LogP contribution in [0.25, 0.3) is 0 Å². The minimum atomic E-state index is -0.704. The molecule has 0 amide bonds. The molecule has 0 spiro atoms. The smallest absolute Gasteiger partial charge is 0.314 e. The molecule has 1 heterocycles. The van der Waals surface area contributed by atoms with E-state index < -0.39 is 11.4 Å². The molecule has 0 bridgehead atoms. The molecular formula is C17H23NO3. The molecule has 114 valence electrons. The monoisotopic (exact) mass is 289 g/mol. The Morgan fingerprint density at radius 3 is 2.62 bits per heavy atom. The van der Waals surface area contributed by atoms with Crippen molar-refractivity contribution in [1.82, 2.24) is 4.90 Å². The number of aliphatic carboxylic acids is 1. The van der Waals surface area contributed by atoms with Gasteiger partial charge in [0.15, 0.2) is 0 Å². The van der Waals surface area contributed by atoms with E-state index >= 15 is 0 Å². The zero-order chi connectivity index (χ0) is 14.9. The van der Waals surface area contributed by atoms with E-state index in [0.29, 0.717) is 0 Å². The maximum Gasteiger partial charge on any atom is 0.314 e. The third-order valence-electron chi connectivity index (χ3n) is 4.97. The van der Waals surface area contributed by atoms with Crippen LogP contribution in [0.3, 0.4) is 0 Å². The molecule has 0 atom stereocenters. The van der Waals surface area contributed by atoms with Crippen molar-refractivity contribution in [3.05, 3.63) is 29.8 Å². The van der Waals surface area contributed by atoms with Gasteiger partial charge in [-0.2, -0.15) is 0 Å². The Kier molecular flexibility index (Phi) is 3.89. The van der Waals surface area contributed by atoms with Gasteiger partial charge in [-0.05, 0) is 50.4 Å². The van der Waals surface area contributed by atoms with E-state index in [1.807, 2.05) is 24.3 Å². The molecule has 4 nitrogen and oxygen atoms in total. The molecule has 1 aromatic carbocycles. The van der Waals surface area contributed by atoms with Gasteiger partial charge in [-0.1, -0.05) is 18.6 Å². The molecule has 0 radical (unpaired) electrons. The summed E-state index contributed by atoms with van der Waals surface area (Å²) in [5.41, 5.74) is 0.221. The number of carboxylic acid groups (broad SMARTS) is 1. The van der Waals surface area contributed by atoms with Gasteiger partial charge >= 0.3 is 5.97 Å². The lowest BCUT2D eigenvalue weighted by Gasteiger charge is -2.38. The number of nitrogens with zero attached hydrogens (tertiary/aromatic N) is 1. The molecule has 1 N–H and O–H groups in total. The predicted molar refractivity (Wildman–Crippen MR) is 80.8 cm³/mol. The summed E-state index contributed by atoms with van der Waals surface area (Å²) in [5, 5.41) is 9.53. The first-order chi connectivity index (χ1) is 10.1. The lowest BCUT2D eigenvalue weighted by atomic mass is 9.64. The Bertz CT molecular complexity index is 517. The van der Waals surface area contributed by atoms with Crippen molar-refractivity contribution in [2.75, 3.05) is 20.1 Å². The Morgan fingerprint density at radius 2 is 2.05 bits per heavy atom. The Hall–Kier alpha value is -1.55. The molecule has 4 heteroatoms. The van der Waals surface area contributed by atoms with E-state index in [0.717, 1.165) is 56.5 Å². The van der Waals surface area contributed by atoms with Crippen LogP contribution in [0, 0.1) is 0 Å². The fraction of sp³-hybridized carbons (Fsp3) is 0.588. The highest BCUT2D eigenvalue weighted by Crippen LogP contribution is 2.44. The molecule has 1 aliphatic heterocycles. The topological polar surface area (TPSA) is 49.8 Å². The fourth-order valence-electron chi connectivity index (χ4n) is 3.32. The number of hydrogen-bond donors (Lipinski definition) is 1. The van der Waals surface area contributed by atoms with E-state index in [4.69, 9.17) is 4.74 Å². The number of benzene rings is 1. The van der Waals surface area contributed by atoms with Crippen molar-refractivity contribution >= 4 is 5.97 Å². The van der Waals surface area contributed by atoms with Gasteiger partial charge in [0.25, 0.3) is 0 Å². The maximum absolute atomic E-state index is 11.6. The molecule has 1 aliphatic carbocycles. The first-order valence-corrected chi connectivity index (χ1v) is 7.79. The number of hydrogen-bond acceptors (Lipinski definition) is 3. The van der Waals surface area contributed by atoms with E-state index in [-0.39, 0.29) is 6.10 Å². The van der Waals surface area contributed by atoms with Crippen molar-refractivity contribution < 1.29 is 14.6 Å². The van der Waals surface area contributed by atoms with Crippen molar-refractivity contribution in [3.63, 3.8) is 0 Å². The SMILES string of the molecule is CN1CCC(Oc2cccc(C3(C(=O)O)CCC3)c2)CC1. The predicted octanol–water partition coefficient (Wildman–Crippen LogP) is 2.67. The van der Waals surface area contributed by atoms with Gasteiger partial charge in [0.05, 0.1) is 5.41 Å². The Morgan fingerprint density at radius 1 is 1.33 bits per heavy atom. The molecule has 3 rings (SSSR count). The summed E-state index contributed by atoms with van der Waals surface area (Å²) in [6, 6.07) is 7.72. The normalized spacial score (nSPS) is 22.5. The summed E-state index contributed by atoms with van der Waals surface area (Å²) in [6.45, 7) is 2.12. The zero-order valence-electron chi connectivity index (χ0n) is 12.5. The molecule has 0 aromatic heterocycles. The fourth-order valence-corrected chi connectivity index (χ4v) is 3.32. The van der Waals surface area contributed by atoms with Crippen LogP contribution in [0.15, 0.2) is 24.3 Å². The third-order valence-corrected chi connectivity index (χ3v) is 4.97. The van der Waals surface area contributed by atoms with Crippen LogP contribution in [-0.4, -0.2) is 42.2 Å². The molecule has 21 heavy (non-hydrogen) atoms. The first kappa shape index (κ1) is 14.4. The van der Waals surface area contributed by atoms with E-state index in [9.17, 15) is 9.90 Å². The van der Waals surface area contributed by atoms with Crippen LogP contribution in [0.5, 0.6) is 5.75 Å². The van der Waals surface area contributed by atoms with Crippen LogP contribution < -0.4 is 4.74 Å². The van der Waals surface area contributed by atoms with Gasteiger partial charge in [-0.25, -0.2) is 0 Å². The Labute approximate surface area is 125 Å². The van der Waals surface area contributed by atoms with Gasteiger partial charge in [-0.3, -0.25) is 4.79 Å². The van der Waals surface area contributed by atoms with Crippen LogP contribution in [0.2, 0.25) is 0 Å². The molecule has 0 unspecified atom stereocenters. The number of piperidine rings is 1. The summed E-state index contributed by atoms with van der Waals surface area (Å²) >= 11 is 0. The summed E-state index contributed by atoms with van der Waals surface area (Å²) in [4.78, 5) is 13.9. The second-order valence-corrected chi connectivity index (χ2v) is 6.39. The lowest BCUT2D eigenvalue weighted by molar-refractivity contribution is -0.147. The number of ether oxygens (including phenoxy) is 1. The van der Waals surface area contributed by atoms with Crippen LogP contribution in [0.4, 0.5) is 0 Å². The number of carboxylic acids is 1. The molecule has 1 saturated carbocycles. The summed E-state index contributed by atoms with van der Waals surface area (Å²) in [7, 11) is 2.13. The van der Waals surface area contributed by atoms with Crippen molar-refractivity contribution in [1.29, 1.82) is 0 Å². The molecule has 1 saturated heterocycles. The van der Waals surface area contributed by atoms with Crippen molar-refractivity contribution in [2.45, 2.75) is 43.6 Å². The van der Waals surface area contributed by atoms with Gasteiger partial charge in [0.2, 0.25) is 0 Å². The molecular weight excluding hydrogens is 266 g/mol. The van der Waals surface area contributed by atoms with E-state index in [1.165, 1.54) is 0 Å². The molecule has 1 aromatic rings. The highest BCUT2D eigenvalue weighted by molar-refractivity contribution is 5.82. The largest absolute Gasteiger partial charge is 0.490 e. The highest BCUT2D eigenvalue weighted by atomic mass is 16.5. The summed E-state index contributed by atoms with van der Waals surface area (Å²) < 4.78 is 6.07. The highest BCUT2D eigenvalue weighted by Gasteiger charge is 2.46. The molecule has 2 fully saturated rings. The third kappa shape index (κ3) is 2.77. The number of likely N-dealkylation sites (tertiary alicyclic amines) is 1. The van der Waals surface area contributed by atoms with E-state index in [1.54, 1.807) is 0 Å². The minimum absolute atomic E-state index is 0.249. The van der Waals surface area contributed by atoms with Gasteiger partial charge in [-0.15, -0.1) is 0 Å². The number of rotatable bonds is 4. The van der Waals surface area contributed by atoms with Gasteiger partial charge in [0.1, 0.15) is 11.9 Å². The summed E-state index contributed by atoms with van der Waals surface area (Å²) in [5.74, 6) is 0.111. The summed E-state index contributed by atoms with van der Waals surface area (Å²) in [6.07, 6.45) is 4.78. The van der Waals surface area contributed by atoms with Crippen molar-refractivity contribution in [3.8, 4) is 5.75 Å². The van der Waals surface area contributed by atoms with Crippen LogP contribution in [-0.2, 0) is 10.2 Å². The first-order valence-electron chi connectivity index (χ1n) is 7.79. The quantitative estimate of drug-likeness (QED) is 0.926. The second kappa shape index (κ2) is 5.68. The lowest BCUT2D eigenvalue weighted by Crippen LogP contribution is -2.42. The van der Waals surface area contributed by atoms with Gasteiger partial charge < -0.3 is 14.7 Å². The average Bonchev–Trinajstić information content (AvgIpc) is 2.40. The van der Waals surface area contributed by atoms with Gasteiger partial charge in [0, 0.05) is 13.1 Å². The standard InChI is InChI=1S/C17H23NO3/c1-18-10-6-14(7-11-18)21-15-5-2-4-13(12-15)17(16(19)20)8-3-9-17/h2,4-5,12,14H,3,6-11H2,1H3,(H,19,20). The second-order valence-electron chi connectivity index (χ2n) is 6.39. The molecule has 2 aliphatic rings.